The number of carbonyl (C=O) groups excluding carboxylic acids is 1. The molecule has 3 nitrogen and oxygen atoms in total. The fourth-order valence-electron chi connectivity index (χ4n) is 0.727. The maximum absolute atomic E-state index is 12.4. The molecule has 0 aliphatic heterocycles. The molecule has 70 valence electrons. The number of rotatable bonds is 1. The van der Waals surface area contributed by atoms with E-state index in [0.29, 0.717) is 0 Å². The van der Waals surface area contributed by atoms with Crippen molar-refractivity contribution in [1.29, 1.82) is 0 Å². The van der Waals surface area contributed by atoms with Crippen LogP contribution in [0.15, 0.2) is 24.3 Å². The molecular formula is C7H4ClFO3S. The molecule has 0 aromatic heterocycles. The van der Waals surface area contributed by atoms with E-state index < -0.39 is 20.0 Å². The summed E-state index contributed by atoms with van der Waals surface area (Å²) >= 11 is 0. The van der Waals surface area contributed by atoms with Gasteiger partial charge in [-0.15, -0.1) is 0 Å². The van der Waals surface area contributed by atoms with Crippen LogP contribution < -0.4 is 0 Å². The zero-order valence-corrected chi connectivity index (χ0v) is 7.77. The highest BCUT2D eigenvalue weighted by atomic mass is 35.7. The third-order valence-electron chi connectivity index (χ3n) is 1.30. The first-order valence-corrected chi connectivity index (χ1v) is 5.47. The molecule has 13 heavy (non-hydrogen) atoms. The Labute approximate surface area is 78.6 Å². The third kappa shape index (κ3) is 2.50. The number of carbonyl (C=O) groups is 1. The van der Waals surface area contributed by atoms with Gasteiger partial charge in [-0.25, -0.2) is 12.8 Å². The van der Waals surface area contributed by atoms with Crippen LogP contribution in [0.1, 0.15) is 10.4 Å². The van der Waals surface area contributed by atoms with E-state index in [-0.39, 0.29) is 5.56 Å². The lowest BCUT2D eigenvalue weighted by Gasteiger charge is -1.95. The predicted molar refractivity (Wildman–Crippen MR) is 45.5 cm³/mol. The van der Waals surface area contributed by atoms with Crippen molar-refractivity contribution in [2.75, 3.05) is 0 Å². The van der Waals surface area contributed by atoms with Crippen molar-refractivity contribution < 1.29 is 17.6 Å². The molecule has 1 aromatic rings. The molecule has 0 spiro atoms. The normalized spacial score (nSPS) is 11.2. The van der Waals surface area contributed by atoms with Crippen molar-refractivity contribution in [3.63, 3.8) is 0 Å². The van der Waals surface area contributed by atoms with E-state index in [2.05, 4.69) is 0 Å². The van der Waals surface area contributed by atoms with Gasteiger partial charge in [0.2, 0.25) is 0 Å². The molecule has 0 bridgehead atoms. The van der Waals surface area contributed by atoms with Gasteiger partial charge >= 0.3 is 0 Å². The summed E-state index contributed by atoms with van der Waals surface area (Å²) in [5.74, 6) is -0.552. The Balaban J connectivity index is 3.12. The van der Waals surface area contributed by atoms with Gasteiger partial charge < -0.3 is 0 Å². The summed E-state index contributed by atoms with van der Waals surface area (Å²) in [5.41, 5.74) is -0.156. The number of halogens is 2. The second kappa shape index (κ2) is 3.43. The molecule has 0 N–H and O–H groups in total. The van der Waals surface area contributed by atoms with Gasteiger partial charge in [-0.1, -0.05) is 0 Å². The Morgan fingerprint density at radius 2 is 1.69 bits per heavy atom. The van der Waals surface area contributed by atoms with E-state index in [9.17, 15) is 17.6 Å². The van der Waals surface area contributed by atoms with Crippen LogP contribution in [0.25, 0.3) is 0 Å². The van der Waals surface area contributed by atoms with Crippen molar-refractivity contribution in [3.8, 4) is 0 Å². The summed E-state index contributed by atoms with van der Waals surface area (Å²) in [6.45, 7) is 0. The molecule has 0 aliphatic carbocycles. The Bertz CT molecular complexity index is 424. The van der Waals surface area contributed by atoms with E-state index in [1.54, 1.807) is 0 Å². The lowest BCUT2D eigenvalue weighted by Crippen LogP contribution is -2.07. The fraction of sp³-hybridized carbons (Fsp3) is 0. The van der Waals surface area contributed by atoms with Crippen LogP contribution in [0.3, 0.4) is 0 Å². The Kier molecular flexibility index (Phi) is 2.68. The summed E-state index contributed by atoms with van der Waals surface area (Å²) in [5, 5.41) is -1.23. The highest BCUT2D eigenvalue weighted by Crippen LogP contribution is 2.10. The lowest BCUT2D eigenvalue weighted by atomic mass is 10.2. The quantitative estimate of drug-likeness (QED) is 0.678. The average molecular weight is 223 g/mol. The molecule has 1 rings (SSSR count). The smallest absolute Gasteiger partial charge is 0.275 e. The van der Waals surface area contributed by atoms with Crippen molar-refractivity contribution in [1.82, 2.24) is 0 Å². The summed E-state index contributed by atoms with van der Waals surface area (Å²) < 4.78 is 33.4. The van der Waals surface area contributed by atoms with Gasteiger partial charge in [0.05, 0.1) is 0 Å². The van der Waals surface area contributed by atoms with E-state index in [1.165, 1.54) is 0 Å². The van der Waals surface area contributed by atoms with Crippen molar-refractivity contribution in [3.05, 3.63) is 35.6 Å². The minimum Gasteiger partial charge on any atom is -0.275 e. The molecule has 0 saturated carbocycles. The SMILES string of the molecule is O=C(c1ccc(F)cc1)S(=O)(=O)Cl. The molecule has 0 radical (unpaired) electrons. The molecule has 1 aromatic carbocycles. The van der Waals surface area contributed by atoms with Crippen LogP contribution in [-0.2, 0) is 9.05 Å². The highest BCUT2D eigenvalue weighted by molar-refractivity contribution is 8.25. The summed E-state index contributed by atoms with van der Waals surface area (Å²) in [4.78, 5) is 10.9. The maximum atomic E-state index is 12.4. The largest absolute Gasteiger partial charge is 0.299 e. The Hall–Kier alpha value is -0.940. The molecule has 0 heterocycles. The van der Waals surface area contributed by atoms with E-state index in [4.69, 9.17) is 10.7 Å². The lowest BCUT2D eigenvalue weighted by molar-refractivity contribution is 0.107. The first kappa shape index (κ1) is 10.1. The maximum Gasteiger partial charge on any atom is 0.299 e. The van der Waals surface area contributed by atoms with Crippen LogP contribution in [-0.4, -0.2) is 13.5 Å². The van der Waals surface area contributed by atoms with Crippen LogP contribution in [0, 0.1) is 5.82 Å². The molecule has 6 heteroatoms. The van der Waals surface area contributed by atoms with Crippen LogP contribution in [0.4, 0.5) is 4.39 Å². The van der Waals surface area contributed by atoms with Crippen LogP contribution in [0.5, 0.6) is 0 Å². The zero-order chi connectivity index (χ0) is 10.1. The van der Waals surface area contributed by atoms with Gasteiger partial charge in [-0.3, -0.25) is 4.79 Å². The second-order valence-corrected chi connectivity index (χ2v) is 4.70. The van der Waals surface area contributed by atoms with Crippen LogP contribution >= 0.6 is 10.7 Å². The molecule has 0 atom stereocenters. The van der Waals surface area contributed by atoms with E-state index in [1.807, 2.05) is 0 Å². The van der Waals surface area contributed by atoms with Crippen LogP contribution in [0.2, 0.25) is 0 Å². The van der Waals surface area contributed by atoms with Gasteiger partial charge in [0.1, 0.15) is 5.82 Å². The van der Waals surface area contributed by atoms with Gasteiger partial charge in [-0.2, -0.15) is 0 Å². The summed E-state index contributed by atoms with van der Waals surface area (Å²) in [6.07, 6.45) is 0. The van der Waals surface area contributed by atoms with Gasteiger partial charge in [-0.05, 0) is 24.3 Å². The highest BCUT2D eigenvalue weighted by Gasteiger charge is 2.20. The zero-order valence-electron chi connectivity index (χ0n) is 6.20. The molecule has 0 unspecified atom stereocenters. The predicted octanol–water partition coefficient (Wildman–Crippen LogP) is 1.53. The van der Waals surface area contributed by atoms with E-state index in [0.717, 1.165) is 24.3 Å². The monoisotopic (exact) mass is 222 g/mol. The fourth-order valence-corrected chi connectivity index (χ4v) is 1.41. The standard InChI is InChI=1S/C7H4ClFO3S/c8-13(11,12)7(10)5-1-3-6(9)4-2-5/h1-4H. The van der Waals surface area contributed by atoms with Crippen molar-refractivity contribution in [2.24, 2.45) is 0 Å². The number of hydrogen-bond acceptors (Lipinski definition) is 3. The topological polar surface area (TPSA) is 51.2 Å². The molecule has 0 saturated heterocycles. The Morgan fingerprint density at radius 1 is 1.23 bits per heavy atom. The first-order valence-electron chi connectivity index (χ1n) is 3.16. The first-order chi connectivity index (χ1) is 5.91. The summed E-state index contributed by atoms with van der Waals surface area (Å²) in [7, 11) is 0.529. The Morgan fingerprint density at radius 3 is 2.08 bits per heavy atom. The molecular weight excluding hydrogens is 219 g/mol. The molecule has 0 aliphatic rings. The molecule has 0 amide bonds. The third-order valence-corrected chi connectivity index (χ3v) is 2.40. The van der Waals surface area contributed by atoms with Gasteiger partial charge in [0, 0.05) is 16.2 Å². The second-order valence-electron chi connectivity index (χ2n) is 2.23. The number of benzene rings is 1. The van der Waals surface area contributed by atoms with Crippen molar-refractivity contribution >= 4 is 24.8 Å². The minimum absolute atomic E-state index is 0.156. The average Bonchev–Trinajstić information content (AvgIpc) is 2.03. The molecule has 0 fully saturated rings. The van der Waals surface area contributed by atoms with Gasteiger partial charge in [0.15, 0.2) is 0 Å². The van der Waals surface area contributed by atoms with Crippen molar-refractivity contribution in [2.45, 2.75) is 0 Å². The van der Waals surface area contributed by atoms with E-state index >= 15 is 0 Å². The minimum atomic E-state index is -4.26. The number of hydrogen-bond donors (Lipinski definition) is 0. The summed E-state index contributed by atoms with van der Waals surface area (Å²) in [6, 6.07) is 4.07. The van der Waals surface area contributed by atoms with Gasteiger partial charge in [0.25, 0.3) is 14.2 Å².